The van der Waals surface area contributed by atoms with Gasteiger partial charge in [0, 0.05) is 18.2 Å². The van der Waals surface area contributed by atoms with Crippen molar-refractivity contribution in [2.75, 3.05) is 7.11 Å². The molecule has 0 saturated heterocycles. The van der Waals surface area contributed by atoms with Crippen molar-refractivity contribution < 1.29 is 24.3 Å². The molecule has 0 fully saturated rings. The monoisotopic (exact) mass is 396 g/mol. The van der Waals surface area contributed by atoms with Crippen molar-refractivity contribution in [3.8, 4) is 17.2 Å². The molecule has 0 saturated carbocycles. The van der Waals surface area contributed by atoms with Crippen molar-refractivity contribution in [3.63, 3.8) is 0 Å². The van der Waals surface area contributed by atoms with Crippen LogP contribution >= 0.6 is 0 Å². The number of aromatic nitrogens is 3. The summed E-state index contributed by atoms with van der Waals surface area (Å²) in [7, 11) is 1.48. The second kappa shape index (κ2) is 8.65. The number of carboxylic acid groups (broad SMARTS) is 1. The van der Waals surface area contributed by atoms with Gasteiger partial charge in [-0.1, -0.05) is 11.3 Å². The Kier molecular flexibility index (Phi) is 5.83. The molecule has 0 aliphatic heterocycles. The molecule has 10 heteroatoms. The van der Waals surface area contributed by atoms with E-state index in [0.717, 1.165) is 6.08 Å². The van der Waals surface area contributed by atoms with Gasteiger partial charge in [-0.05, 0) is 35.9 Å². The number of nitro groups is 1. The molecule has 0 aliphatic carbocycles. The third-order valence-corrected chi connectivity index (χ3v) is 3.85. The van der Waals surface area contributed by atoms with E-state index < -0.39 is 10.9 Å². The van der Waals surface area contributed by atoms with Crippen LogP contribution in [0.2, 0.25) is 0 Å². The number of aliphatic carboxylic acids is 1. The fraction of sp³-hybridized carbons (Fsp3) is 0.105. The minimum Gasteiger partial charge on any atom is -0.493 e. The maximum absolute atomic E-state index is 10.7. The molecule has 0 radical (unpaired) electrons. The second-order valence-corrected chi connectivity index (χ2v) is 5.80. The van der Waals surface area contributed by atoms with E-state index in [1.54, 1.807) is 36.5 Å². The number of carbonyl (C=O) groups is 1. The van der Waals surface area contributed by atoms with Gasteiger partial charge in [-0.15, -0.1) is 5.10 Å². The van der Waals surface area contributed by atoms with E-state index in [0.29, 0.717) is 28.4 Å². The van der Waals surface area contributed by atoms with Gasteiger partial charge in [0.15, 0.2) is 11.5 Å². The first-order chi connectivity index (χ1) is 14.0. The van der Waals surface area contributed by atoms with Crippen molar-refractivity contribution in [1.82, 2.24) is 15.0 Å². The van der Waals surface area contributed by atoms with E-state index in [4.69, 9.17) is 14.6 Å². The third kappa shape index (κ3) is 4.95. The maximum Gasteiger partial charge on any atom is 0.328 e. The predicted octanol–water partition coefficient (Wildman–Crippen LogP) is 2.86. The molecule has 0 atom stereocenters. The smallest absolute Gasteiger partial charge is 0.328 e. The zero-order valence-electron chi connectivity index (χ0n) is 15.3. The summed E-state index contributed by atoms with van der Waals surface area (Å²) in [4.78, 5) is 20.9. The lowest BCUT2D eigenvalue weighted by Crippen LogP contribution is -1.98. The average Bonchev–Trinajstić information content (AvgIpc) is 3.20. The van der Waals surface area contributed by atoms with E-state index in [9.17, 15) is 14.9 Å². The number of carboxylic acids is 1. The summed E-state index contributed by atoms with van der Waals surface area (Å²) in [6, 6.07) is 10.9. The van der Waals surface area contributed by atoms with Gasteiger partial charge in [0.1, 0.15) is 12.3 Å². The van der Waals surface area contributed by atoms with Crippen molar-refractivity contribution >= 4 is 17.7 Å². The number of non-ortho nitro benzene ring substituents is 1. The molecule has 1 N–H and O–H groups in total. The summed E-state index contributed by atoms with van der Waals surface area (Å²) in [6.07, 6.45) is 4.13. The molecular formula is C19H16N4O6. The largest absolute Gasteiger partial charge is 0.493 e. The SMILES string of the molecule is COc1cc(/C=C/C(=O)O)ccc1OCc1cn(-c2ccc([N+](=O)[O-])cc2)nn1. The first-order valence-corrected chi connectivity index (χ1v) is 8.34. The van der Waals surface area contributed by atoms with Crippen LogP contribution in [-0.2, 0) is 11.4 Å². The van der Waals surface area contributed by atoms with E-state index in [-0.39, 0.29) is 12.3 Å². The number of ether oxygens (including phenoxy) is 2. The van der Waals surface area contributed by atoms with Gasteiger partial charge in [0.25, 0.3) is 5.69 Å². The van der Waals surface area contributed by atoms with Crippen LogP contribution in [0, 0.1) is 10.1 Å². The van der Waals surface area contributed by atoms with Gasteiger partial charge in [0.2, 0.25) is 0 Å². The molecule has 1 aromatic heterocycles. The lowest BCUT2D eigenvalue weighted by atomic mass is 10.2. The first kappa shape index (κ1) is 19.5. The number of benzene rings is 2. The van der Waals surface area contributed by atoms with Gasteiger partial charge >= 0.3 is 5.97 Å². The normalized spacial score (nSPS) is 10.8. The van der Waals surface area contributed by atoms with Crippen LogP contribution in [0.3, 0.4) is 0 Å². The molecule has 29 heavy (non-hydrogen) atoms. The molecule has 3 rings (SSSR count). The van der Waals surface area contributed by atoms with Gasteiger partial charge in [0.05, 0.1) is 23.9 Å². The minimum absolute atomic E-state index is 0.00818. The molecule has 2 aromatic carbocycles. The molecule has 0 bridgehead atoms. The van der Waals surface area contributed by atoms with Gasteiger partial charge in [-0.25, -0.2) is 9.48 Å². The summed E-state index contributed by atoms with van der Waals surface area (Å²) in [5.74, 6) is -0.134. The Bertz CT molecular complexity index is 1060. The predicted molar refractivity (Wildman–Crippen MR) is 102 cm³/mol. The molecule has 3 aromatic rings. The Balaban J connectivity index is 1.69. The van der Waals surface area contributed by atoms with E-state index in [1.807, 2.05) is 0 Å². The lowest BCUT2D eigenvalue weighted by Gasteiger charge is -2.10. The highest BCUT2D eigenvalue weighted by molar-refractivity contribution is 5.85. The fourth-order valence-electron chi connectivity index (χ4n) is 2.44. The average molecular weight is 396 g/mol. The number of nitrogens with zero attached hydrogens (tertiary/aromatic N) is 4. The lowest BCUT2D eigenvalue weighted by molar-refractivity contribution is -0.384. The highest BCUT2D eigenvalue weighted by Gasteiger charge is 2.10. The zero-order chi connectivity index (χ0) is 20.8. The summed E-state index contributed by atoms with van der Waals surface area (Å²) >= 11 is 0. The number of rotatable bonds is 8. The maximum atomic E-state index is 10.7. The van der Waals surface area contributed by atoms with Crippen LogP contribution in [0.25, 0.3) is 11.8 Å². The molecule has 0 unspecified atom stereocenters. The zero-order valence-corrected chi connectivity index (χ0v) is 15.3. The highest BCUT2D eigenvalue weighted by atomic mass is 16.6. The summed E-state index contributed by atoms with van der Waals surface area (Å²) in [5.41, 5.74) is 1.81. The van der Waals surface area contributed by atoms with Crippen LogP contribution in [0.5, 0.6) is 11.5 Å². The Morgan fingerprint density at radius 2 is 2.00 bits per heavy atom. The standard InChI is InChI=1S/C19H16N4O6/c1-28-18-10-13(3-9-19(24)25)2-8-17(18)29-12-14-11-22(21-20-14)15-4-6-16(7-5-15)23(26)27/h2-11H,12H2,1H3,(H,24,25)/b9-3+. The number of hydrogen-bond donors (Lipinski definition) is 1. The van der Waals surface area contributed by atoms with Gasteiger partial charge in [-0.3, -0.25) is 10.1 Å². The molecule has 1 heterocycles. The highest BCUT2D eigenvalue weighted by Crippen LogP contribution is 2.29. The van der Waals surface area contributed by atoms with Crippen LogP contribution in [-0.4, -0.2) is 38.1 Å². The second-order valence-electron chi connectivity index (χ2n) is 5.80. The van der Waals surface area contributed by atoms with Crippen molar-refractivity contribution in [2.45, 2.75) is 6.61 Å². The van der Waals surface area contributed by atoms with E-state index >= 15 is 0 Å². The molecule has 0 amide bonds. The van der Waals surface area contributed by atoms with Gasteiger partial charge < -0.3 is 14.6 Å². The van der Waals surface area contributed by atoms with Crippen LogP contribution in [0.1, 0.15) is 11.3 Å². The van der Waals surface area contributed by atoms with Crippen LogP contribution in [0.15, 0.2) is 54.7 Å². The molecule has 10 nitrogen and oxygen atoms in total. The topological polar surface area (TPSA) is 130 Å². The molecule has 0 spiro atoms. The Hall–Kier alpha value is -4.21. The summed E-state index contributed by atoms with van der Waals surface area (Å²) in [5, 5.41) is 27.4. The first-order valence-electron chi connectivity index (χ1n) is 8.34. The quantitative estimate of drug-likeness (QED) is 0.349. The van der Waals surface area contributed by atoms with Crippen LogP contribution < -0.4 is 9.47 Å². The van der Waals surface area contributed by atoms with Crippen molar-refractivity contribution in [3.05, 3.63) is 76.1 Å². The Morgan fingerprint density at radius 1 is 1.24 bits per heavy atom. The van der Waals surface area contributed by atoms with Crippen molar-refractivity contribution in [2.24, 2.45) is 0 Å². The summed E-state index contributed by atoms with van der Waals surface area (Å²) < 4.78 is 12.5. The molecule has 148 valence electrons. The minimum atomic E-state index is -1.04. The van der Waals surface area contributed by atoms with Crippen molar-refractivity contribution in [1.29, 1.82) is 0 Å². The fourth-order valence-corrected chi connectivity index (χ4v) is 2.44. The third-order valence-electron chi connectivity index (χ3n) is 3.85. The number of methoxy groups -OCH3 is 1. The summed E-state index contributed by atoms with van der Waals surface area (Å²) in [6.45, 7) is 0.119. The number of hydrogen-bond acceptors (Lipinski definition) is 7. The Morgan fingerprint density at radius 3 is 2.66 bits per heavy atom. The van der Waals surface area contributed by atoms with Gasteiger partial charge in [-0.2, -0.15) is 0 Å². The van der Waals surface area contributed by atoms with E-state index in [2.05, 4.69) is 10.3 Å². The number of nitro benzene ring substituents is 1. The molecule has 0 aliphatic rings. The van der Waals surface area contributed by atoms with E-state index in [1.165, 1.54) is 30.0 Å². The Labute approximate surface area is 164 Å². The molecular weight excluding hydrogens is 380 g/mol. The van der Waals surface area contributed by atoms with Crippen LogP contribution in [0.4, 0.5) is 5.69 Å².